The zero-order valence-corrected chi connectivity index (χ0v) is 10.4. The predicted molar refractivity (Wildman–Crippen MR) is 70.8 cm³/mol. The smallest absolute Gasteiger partial charge is 0.123 e. The monoisotopic (exact) mass is 244 g/mol. The highest BCUT2D eigenvalue weighted by Gasteiger charge is 2.20. The predicted octanol–water partition coefficient (Wildman–Crippen LogP) is 4.05. The van der Waals surface area contributed by atoms with Gasteiger partial charge in [0.2, 0.25) is 0 Å². The lowest BCUT2D eigenvalue weighted by Gasteiger charge is -2.22. The highest BCUT2D eigenvalue weighted by molar-refractivity contribution is 5.26. The van der Waals surface area contributed by atoms with Crippen LogP contribution < -0.4 is 0 Å². The summed E-state index contributed by atoms with van der Waals surface area (Å²) in [6.45, 7) is 2.03. The molecule has 2 aromatic carbocycles. The average molecular weight is 244 g/mol. The Balaban J connectivity index is 2.26. The summed E-state index contributed by atoms with van der Waals surface area (Å²) < 4.78 is 12.9. The van der Waals surface area contributed by atoms with Gasteiger partial charge in [-0.25, -0.2) is 4.39 Å². The average Bonchev–Trinajstić information content (AvgIpc) is 2.42. The highest BCUT2D eigenvalue weighted by Crippen LogP contribution is 2.33. The first-order chi connectivity index (χ1) is 8.72. The van der Waals surface area contributed by atoms with Crippen molar-refractivity contribution in [3.05, 3.63) is 71.5 Å². The Bertz CT molecular complexity index is 478. The van der Waals surface area contributed by atoms with Crippen molar-refractivity contribution in [1.82, 2.24) is 0 Å². The number of hydrogen-bond donors (Lipinski definition) is 1. The summed E-state index contributed by atoms with van der Waals surface area (Å²) in [5, 5.41) is 10.4. The fourth-order valence-corrected chi connectivity index (χ4v) is 2.23. The molecule has 2 rings (SSSR count). The summed E-state index contributed by atoms with van der Waals surface area (Å²) in [6, 6.07) is 15.9. The zero-order chi connectivity index (χ0) is 13.0. The van der Waals surface area contributed by atoms with Crippen molar-refractivity contribution in [2.45, 2.75) is 25.4 Å². The van der Waals surface area contributed by atoms with Crippen LogP contribution in [0.25, 0.3) is 0 Å². The molecule has 0 aliphatic rings. The van der Waals surface area contributed by atoms with E-state index in [0.29, 0.717) is 0 Å². The molecule has 0 saturated carbocycles. The molecule has 2 heteroatoms. The minimum absolute atomic E-state index is 0.00648. The summed E-state index contributed by atoms with van der Waals surface area (Å²) in [4.78, 5) is 0. The molecule has 0 bridgehead atoms. The molecule has 0 aliphatic heterocycles. The molecule has 0 radical (unpaired) electrons. The molecular formula is C16H17FO. The van der Waals surface area contributed by atoms with E-state index < -0.39 is 6.10 Å². The van der Waals surface area contributed by atoms with E-state index in [1.165, 1.54) is 12.1 Å². The largest absolute Gasteiger partial charge is 0.388 e. The molecular weight excluding hydrogens is 227 g/mol. The van der Waals surface area contributed by atoms with Gasteiger partial charge in [-0.3, -0.25) is 0 Å². The molecule has 1 nitrogen and oxygen atoms in total. The quantitative estimate of drug-likeness (QED) is 0.860. The first-order valence-corrected chi connectivity index (χ1v) is 6.21. The van der Waals surface area contributed by atoms with Crippen LogP contribution in [-0.4, -0.2) is 5.11 Å². The molecule has 2 aromatic rings. The van der Waals surface area contributed by atoms with E-state index in [2.05, 4.69) is 0 Å². The second-order valence-corrected chi connectivity index (χ2v) is 4.42. The number of halogens is 1. The second kappa shape index (κ2) is 5.78. The number of benzene rings is 2. The first kappa shape index (κ1) is 12.8. The van der Waals surface area contributed by atoms with Gasteiger partial charge in [-0.2, -0.15) is 0 Å². The van der Waals surface area contributed by atoms with Gasteiger partial charge in [0.1, 0.15) is 5.82 Å². The maximum atomic E-state index is 12.9. The van der Waals surface area contributed by atoms with Gasteiger partial charge in [0.25, 0.3) is 0 Å². The molecule has 0 fully saturated rings. The fraction of sp³-hybridized carbons (Fsp3) is 0.250. The van der Waals surface area contributed by atoms with Crippen LogP contribution in [0.2, 0.25) is 0 Å². The Morgan fingerprint density at radius 2 is 1.56 bits per heavy atom. The molecule has 0 amide bonds. The standard InChI is InChI=1S/C16H17FO/c1-2-15(12-8-10-14(17)11-9-12)16(18)13-6-4-3-5-7-13/h3-11,15-16,18H,2H2,1H3. The van der Waals surface area contributed by atoms with Crippen LogP contribution in [0.5, 0.6) is 0 Å². The fourth-order valence-electron chi connectivity index (χ4n) is 2.23. The number of rotatable bonds is 4. The van der Waals surface area contributed by atoms with E-state index in [1.54, 1.807) is 12.1 Å². The molecule has 0 spiro atoms. The Morgan fingerprint density at radius 3 is 2.11 bits per heavy atom. The van der Waals surface area contributed by atoms with Gasteiger partial charge in [-0.15, -0.1) is 0 Å². The minimum Gasteiger partial charge on any atom is -0.388 e. The van der Waals surface area contributed by atoms with Crippen molar-refractivity contribution in [3.8, 4) is 0 Å². The van der Waals surface area contributed by atoms with Crippen LogP contribution in [0.3, 0.4) is 0 Å². The van der Waals surface area contributed by atoms with E-state index in [9.17, 15) is 9.50 Å². The van der Waals surface area contributed by atoms with Crippen LogP contribution in [0.15, 0.2) is 54.6 Å². The molecule has 0 aromatic heterocycles. The SMILES string of the molecule is CCC(c1ccc(F)cc1)C(O)c1ccccc1. The highest BCUT2D eigenvalue weighted by atomic mass is 19.1. The van der Waals surface area contributed by atoms with Gasteiger partial charge in [0.05, 0.1) is 6.10 Å². The molecule has 2 atom stereocenters. The summed E-state index contributed by atoms with van der Waals surface area (Å²) in [6.07, 6.45) is 0.253. The van der Waals surface area contributed by atoms with E-state index in [1.807, 2.05) is 37.3 Å². The van der Waals surface area contributed by atoms with Crippen molar-refractivity contribution >= 4 is 0 Å². The Kier molecular flexibility index (Phi) is 4.11. The van der Waals surface area contributed by atoms with Gasteiger partial charge in [0, 0.05) is 5.92 Å². The minimum atomic E-state index is -0.554. The van der Waals surface area contributed by atoms with E-state index in [-0.39, 0.29) is 11.7 Å². The van der Waals surface area contributed by atoms with Crippen molar-refractivity contribution in [1.29, 1.82) is 0 Å². The molecule has 0 saturated heterocycles. The first-order valence-electron chi connectivity index (χ1n) is 6.21. The summed E-state index contributed by atoms with van der Waals surface area (Å²) in [5.74, 6) is -0.254. The summed E-state index contributed by atoms with van der Waals surface area (Å²) >= 11 is 0. The van der Waals surface area contributed by atoms with Crippen LogP contribution in [0, 0.1) is 5.82 Å². The molecule has 0 heterocycles. The molecule has 18 heavy (non-hydrogen) atoms. The van der Waals surface area contributed by atoms with E-state index in [4.69, 9.17) is 0 Å². The normalized spacial score (nSPS) is 14.2. The van der Waals surface area contributed by atoms with Crippen LogP contribution in [0.1, 0.15) is 36.5 Å². The van der Waals surface area contributed by atoms with Crippen molar-refractivity contribution in [3.63, 3.8) is 0 Å². The number of aliphatic hydroxyl groups is 1. The van der Waals surface area contributed by atoms with Crippen LogP contribution >= 0.6 is 0 Å². The van der Waals surface area contributed by atoms with Crippen LogP contribution in [-0.2, 0) is 0 Å². The number of hydrogen-bond acceptors (Lipinski definition) is 1. The maximum Gasteiger partial charge on any atom is 0.123 e. The van der Waals surface area contributed by atoms with Crippen molar-refractivity contribution < 1.29 is 9.50 Å². The van der Waals surface area contributed by atoms with Crippen LogP contribution in [0.4, 0.5) is 4.39 Å². The van der Waals surface area contributed by atoms with E-state index >= 15 is 0 Å². The van der Waals surface area contributed by atoms with Gasteiger partial charge < -0.3 is 5.11 Å². The zero-order valence-electron chi connectivity index (χ0n) is 10.4. The lowest BCUT2D eigenvalue weighted by Crippen LogP contribution is -2.10. The van der Waals surface area contributed by atoms with Gasteiger partial charge in [-0.05, 0) is 29.7 Å². The van der Waals surface area contributed by atoms with Crippen molar-refractivity contribution in [2.24, 2.45) is 0 Å². The lowest BCUT2D eigenvalue weighted by atomic mass is 9.87. The van der Waals surface area contributed by atoms with Gasteiger partial charge in [-0.1, -0.05) is 49.4 Å². The third kappa shape index (κ3) is 2.77. The number of aliphatic hydroxyl groups excluding tert-OH is 1. The molecule has 94 valence electrons. The third-order valence-corrected chi connectivity index (χ3v) is 3.26. The Morgan fingerprint density at radius 1 is 0.944 bits per heavy atom. The van der Waals surface area contributed by atoms with Gasteiger partial charge >= 0.3 is 0 Å². The summed E-state index contributed by atoms with van der Waals surface area (Å²) in [5.41, 5.74) is 1.86. The maximum absolute atomic E-state index is 12.9. The lowest BCUT2D eigenvalue weighted by molar-refractivity contribution is 0.142. The molecule has 0 aliphatic carbocycles. The topological polar surface area (TPSA) is 20.2 Å². The molecule has 1 N–H and O–H groups in total. The third-order valence-electron chi connectivity index (χ3n) is 3.26. The molecule has 2 unspecified atom stereocenters. The second-order valence-electron chi connectivity index (χ2n) is 4.42. The van der Waals surface area contributed by atoms with Crippen molar-refractivity contribution in [2.75, 3.05) is 0 Å². The summed E-state index contributed by atoms with van der Waals surface area (Å²) in [7, 11) is 0. The van der Waals surface area contributed by atoms with Gasteiger partial charge in [0.15, 0.2) is 0 Å². The Labute approximate surface area is 107 Å². The Hall–Kier alpha value is -1.67. The van der Waals surface area contributed by atoms with E-state index in [0.717, 1.165) is 17.5 Å².